The Morgan fingerprint density at radius 1 is 1.09 bits per heavy atom. The van der Waals surface area contributed by atoms with Gasteiger partial charge in [0.2, 0.25) is 11.8 Å². The molecule has 1 saturated heterocycles. The number of hydrogen-bond donors (Lipinski definition) is 1. The number of rotatable bonds is 8. The maximum atomic E-state index is 14.2. The summed E-state index contributed by atoms with van der Waals surface area (Å²) in [6.45, 7) is 7.58. The van der Waals surface area contributed by atoms with Gasteiger partial charge in [0.25, 0.3) is 0 Å². The molecule has 0 amide bonds. The number of nitrogens with one attached hydrogen (secondary N) is 1. The van der Waals surface area contributed by atoms with Crippen LogP contribution in [-0.2, 0) is 27.4 Å². The maximum Gasteiger partial charge on any atom is 0.250 e. The summed E-state index contributed by atoms with van der Waals surface area (Å²) in [7, 11) is -3.65. The molecule has 9 rings (SSSR count). The monoisotopic (exact) mass is 668 g/mol. The quantitative estimate of drug-likeness (QED) is 0.194. The molecular weight excluding hydrogens is 633 g/mol. The van der Waals surface area contributed by atoms with Crippen LogP contribution in [0.25, 0.3) is 32.0 Å². The number of anilines is 1. The van der Waals surface area contributed by atoms with Crippen LogP contribution in [0.5, 0.6) is 0 Å². The number of aryl methyl sites for hydroxylation is 3. The third kappa shape index (κ3) is 4.82. The summed E-state index contributed by atoms with van der Waals surface area (Å²) in [4.78, 5) is 15.7. The first kappa shape index (κ1) is 29.4. The summed E-state index contributed by atoms with van der Waals surface area (Å²) in [5.74, 6) is 3.32. The maximum absolute atomic E-state index is 14.2. The Hall–Kier alpha value is -3.74. The largest absolute Gasteiger partial charge is 0.421 e. The molecule has 0 bridgehead atoms. The fourth-order valence-corrected chi connectivity index (χ4v) is 11.6. The molecule has 0 spiro atoms. The van der Waals surface area contributed by atoms with Crippen LogP contribution >= 0.6 is 11.3 Å². The van der Waals surface area contributed by atoms with Crippen molar-refractivity contribution < 1.29 is 17.6 Å². The number of sulfone groups is 1. The van der Waals surface area contributed by atoms with Crippen LogP contribution in [0.15, 0.2) is 46.0 Å². The summed E-state index contributed by atoms with van der Waals surface area (Å²) in [6.07, 6.45) is 7.18. The van der Waals surface area contributed by atoms with Crippen molar-refractivity contribution in [2.24, 2.45) is 23.7 Å². The first-order valence-electron chi connectivity index (χ1n) is 16.5. The van der Waals surface area contributed by atoms with Crippen molar-refractivity contribution in [2.75, 3.05) is 24.3 Å². The van der Waals surface area contributed by atoms with Gasteiger partial charge in [0.05, 0.1) is 51.6 Å². The molecule has 5 aromatic rings. The highest BCUT2D eigenvalue weighted by Crippen LogP contribution is 2.55. The third-order valence-electron chi connectivity index (χ3n) is 10.7. The van der Waals surface area contributed by atoms with Crippen LogP contribution in [0, 0.1) is 30.6 Å². The standard InChI is InChI=1S/C35H36N6O4S2/c1-17(2)24-16-47(42,43)33-30(28-13-19-10-12-37-34(32(19)46-28)39-26-9-8-25-21(26)5-4-11-36-25)29(35-41-40-18(3)45-35)27(38-31(24)33)7-6-20-22-14-44-15-23(20)22/h4-5,10-13,17,20,22-24,26H,6-9,14-16H2,1-3H3,(H,37,39)/t20?,22?,23?,24-,26+/m1/s1. The molecule has 4 aliphatic rings. The number of thiophene rings is 1. The van der Waals surface area contributed by atoms with Crippen molar-refractivity contribution in [1.82, 2.24) is 25.1 Å². The van der Waals surface area contributed by atoms with Gasteiger partial charge in [0, 0.05) is 41.4 Å². The minimum Gasteiger partial charge on any atom is -0.421 e. The molecule has 2 aliphatic carbocycles. The van der Waals surface area contributed by atoms with Gasteiger partial charge in [-0.25, -0.2) is 13.4 Å². The summed E-state index contributed by atoms with van der Waals surface area (Å²) in [5, 5.41) is 13.3. The van der Waals surface area contributed by atoms with Crippen LogP contribution in [0.3, 0.4) is 0 Å². The van der Waals surface area contributed by atoms with E-state index in [4.69, 9.17) is 19.1 Å². The van der Waals surface area contributed by atoms with Gasteiger partial charge in [-0.2, -0.15) is 0 Å². The summed E-state index contributed by atoms with van der Waals surface area (Å²) < 4.78 is 41.0. The molecule has 0 aromatic carbocycles. The Labute approximate surface area is 277 Å². The molecule has 5 aromatic heterocycles. The topological polar surface area (TPSA) is 133 Å². The Bertz CT molecular complexity index is 2150. The highest BCUT2D eigenvalue weighted by atomic mass is 32.2. The number of hydrogen-bond acceptors (Lipinski definition) is 11. The molecule has 1 saturated carbocycles. The zero-order valence-electron chi connectivity index (χ0n) is 26.6. The number of pyridine rings is 3. The lowest BCUT2D eigenvalue weighted by molar-refractivity contribution is 0.149. The molecule has 10 nitrogen and oxygen atoms in total. The summed E-state index contributed by atoms with van der Waals surface area (Å²) in [6, 6.07) is 8.29. The second-order valence-electron chi connectivity index (χ2n) is 13.8. The second kappa shape index (κ2) is 10.9. The van der Waals surface area contributed by atoms with E-state index in [2.05, 4.69) is 46.5 Å². The zero-order chi connectivity index (χ0) is 32.0. The molecule has 12 heteroatoms. The second-order valence-corrected chi connectivity index (χ2v) is 16.8. The van der Waals surface area contributed by atoms with Crippen molar-refractivity contribution in [1.29, 1.82) is 0 Å². The van der Waals surface area contributed by atoms with E-state index >= 15 is 0 Å². The Kier molecular flexibility index (Phi) is 6.82. The first-order valence-corrected chi connectivity index (χ1v) is 19.0. The van der Waals surface area contributed by atoms with Gasteiger partial charge in [0.15, 0.2) is 9.84 Å². The Balaban J connectivity index is 1.22. The molecule has 4 atom stereocenters. The number of nitrogens with zero attached hydrogens (tertiary/aromatic N) is 5. The van der Waals surface area contributed by atoms with Crippen molar-refractivity contribution in [3.05, 3.63) is 65.2 Å². The van der Waals surface area contributed by atoms with E-state index in [0.717, 1.165) is 64.6 Å². The molecule has 242 valence electrons. The lowest BCUT2D eigenvalue weighted by atomic mass is 9.90. The van der Waals surface area contributed by atoms with E-state index in [9.17, 15) is 8.42 Å². The fourth-order valence-electron chi connectivity index (χ4n) is 8.16. The molecule has 2 fully saturated rings. The van der Waals surface area contributed by atoms with Gasteiger partial charge in [-0.3, -0.25) is 9.97 Å². The van der Waals surface area contributed by atoms with E-state index in [-0.39, 0.29) is 23.6 Å². The molecule has 1 N–H and O–H groups in total. The van der Waals surface area contributed by atoms with Gasteiger partial charge in [-0.1, -0.05) is 19.9 Å². The SMILES string of the molecule is Cc1nnc(-c2c(CCC3C4COCC34)nc3c(c2-c2cc4ccnc(N[C@H]5CCc6ncccc65)c4s2)S(=O)(=O)C[C@@H]3C(C)C)o1. The van der Waals surface area contributed by atoms with Crippen molar-refractivity contribution in [2.45, 2.75) is 63.3 Å². The van der Waals surface area contributed by atoms with Crippen LogP contribution in [-0.4, -0.2) is 52.5 Å². The van der Waals surface area contributed by atoms with E-state index in [0.29, 0.717) is 57.7 Å². The normalized spacial score (nSPS) is 25.3. The van der Waals surface area contributed by atoms with Gasteiger partial charge in [-0.05, 0) is 78.5 Å². The average Bonchev–Trinajstić information content (AvgIpc) is 3.71. The van der Waals surface area contributed by atoms with Gasteiger partial charge >= 0.3 is 0 Å². The number of aromatic nitrogens is 5. The number of fused-ring (bicyclic) bond motifs is 4. The van der Waals surface area contributed by atoms with Crippen LogP contribution in [0.1, 0.15) is 67.2 Å². The van der Waals surface area contributed by atoms with Crippen LogP contribution < -0.4 is 5.32 Å². The molecule has 2 unspecified atom stereocenters. The molecule has 7 heterocycles. The van der Waals surface area contributed by atoms with E-state index in [1.54, 1.807) is 18.3 Å². The lowest BCUT2D eigenvalue weighted by Crippen LogP contribution is -2.11. The van der Waals surface area contributed by atoms with Crippen molar-refractivity contribution in [3.63, 3.8) is 0 Å². The number of ether oxygens (including phenoxy) is 1. The zero-order valence-corrected chi connectivity index (χ0v) is 28.2. The lowest BCUT2D eigenvalue weighted by Gasteiger charge is -2.18. The molecule has 47 heavy (non-hydrogen) atoms. The Morgan fingerprint density at radius 2 is 1.94 bits per heavy atom. The smallest absolute Gasteiger partial charge is 0.250 e. The van der Waals surface area contributed by atoms with Crippen LogP contribution in [0.2, 0.25) is 0 Å². The van der Waals surface area contributed by atoms with Gasteiger partial charge < -0.3 is 14.5 Å². The minimum absolute atomic E-state index is 0.0459. The summed E-state index contributed by atoms with van der Waals surface area (Å²) >= 11 is 1.55. The van der Waals surface area contributed by atoms with Crippen molar-refractivity contribution >= 4 is 37.1 Å². The van der Waals surface area contributed by atoms with E-state index in [1.807, 2.05) is 24.5 Å². The first-order chi connectivity index (χ1) is 22.8. The van der Waals surface area contributed by atoms with Crippen LogP contribution in [0.4, 0.5) is 5.82 Å². The molecular formula is C35H36N6O4S2. The average molecular weight is 669 g/mol. The molecule has 2 aliphatic heterocycles. The summed E-state index contributed by atoms with van der Waals surface area (Å²) in [5.41, 5.74) is 5.11. The predicted octanol–water partition coefficient (Wildman–Crippen LogP) is 6.56. The minimum atomic E-state index is -3.65. The van der Waals surface area contributed by atoms with Crippen molar-refractivity contribution in [3.8, 4) is 21.9 Å². The fraction of sp³-hybridized carbons (Fsp3) is 0.457. The van der Waals surface area contributed by atoms with Gasteiger partial charge in [0.1, 0.15) is 5.82 Å². The predicted molar refractivity (Wildman–Crippen MR) is 179 cm³/mol. The van der Waals surface area contributed by atoms with E-state index < -0.39 is 9.84 Å². The molecule has 0 radical (unpaired) electrons. The highest BCUT2D eigenvalue weighted by molar-refractivity contribution is 7.92. The van der Waals surface area contributed by atoms with E-state index in [1.165, 1.54) is 5.56 Å². The Morgan fingerprint density at radius 3 is 2.72 bits per heavy atom. The van der Waals surface area contributed by atoms with Gasteiger partial charge in [-0.15, -0.1) is 21.5 Å². The highest BCUT2D eigenvalue weighted by Gasteiger charge is 2.53. The third-order valence-corrected chi connectivity index (χ3v) is 13.7.